The molecule has 0 bridgehead atoms. The third kappa shape index (κ3) is 1.99. The van der Waals surface area contributed by atoms with Crippen molar-refractivity contribution >= 4 is 17.4 Å². The Morgan fingerprint density at radius 2 is 2.42 bits per heavy atom. The molecule has 0 aliphatic carbocycles. The van der Waals surface area contributed by atoms with Crippen molar-refractivity contribution < 1.29 is 4.79 Å². The molecular weight excluding hydrogens is 176 g/mol. The Balaban J connectivity index is 2.71. The van der Waals surface area contributed by atoms with E-state index >= 15 is 0 Å². The Hall–Kier alpha value is -1.01. The topological polar surface area (TPSA) is 94.9 Å². The summed E-state index contributed by atoms with van der Waals surface area (Å²) in [6.07, 6.45) is 0.144. The van der Waals surface area contributed by atoms with Crippen molar-refractivity contribution in [2.24, 2.45) is 11.5 Å². The van der Waals surface area contributed by atoms with E-state index in [2.05, 4.69) is 9.59 Å². The van der Waals surface area contributed by atoms with E-state index in [9.17, 15) is 4.79 Å². The highest BCUT2D eigenvalue weighted by atomic mass is 32.1. The summed E-state index contributed by atoms with van der Waals surface area (Å²) < 4.78 is 3.71. The third-order valence-corrected chi connectivity index (χ3v) is 2.40. The highest BCUT2D eigenvalue weighted by Gasteiger charge is 2.14. The first kappa shape index (κ1) is 9.08. The molecule has 0 aromatic carbocycles. The predicted octanol–water partition coefficient (Wildman–Crippen LogP) is -0.278. The van der Waals surface area contributed by atoms with Gasteiger partial charge in [-0.25, -0.2) is 0 Å². The lowest BCUT2D eigenvalue weighted by Crippen LogP contribution is -2.20. The Bertz CT molecular complexity index is 285. The van der Waals surface area contributed by atoms with Crippen molar-refractivity contribution in [3.8, 4) is 0 Å². The molecule has 0 spiro atoms. The zero-order chi connectivity index (χ0) is 9.14. The Labute approximate surface area is 73.9 Å². The molecule has 12 heavy (non-hydrogen) atoms. The van der Waals surface area contributed by atoms with Crippen molar-refractivity contribution in [2.45, 2.75) is 19.4 Å². The third-order valence-electron chi connectivity index (χ3n) is 1.44. The van der Waals surface area contributed by atoms with E-state index in [0.29, 0.717) is 0 Å². The molecule has 1 aromatic heterocycles. The summed E-state index contributed by atoms with van der Waals surface area (Å²) in [7, 11) is 0. The second-order valence-electron chi connectivity index (χ2n) is 2.50. The van der Waals surface area contributed by atoms with Crippen molar-refractivity contribution in [3.05, 3.63) is 10.6 Å². The highest BCUT2D eigenvalue weighted by Crippen LogP contribution is 2.19. The van der Waals surface area contributed by atoms with Gasteiger partial charge < -0.3 is 11.5 Å². The first-order valence-corrected chi connectivity index (χ1v) is 4.21. The number of carbonyl (C=O) groups excluding carboxylic acids is 1. The van der Waals surface area contributed by atoms with E-state index in [4.69, 9.17) is 11.5 Å². The molecule has 1 heterocycles. The van der Waals surface area contributed by atoms with Crippen LogP contribution in [0.5, 0.6) is 0 Å². The van der Waals surface area contributed by atoms with Gasteiger partial charge in [0.15, 0.2) is 0 Å². The van der Waals surface area contributed by atoms with Gasteiger partial charge in [0.2, 0.25) is 5.91 Å². The summed E-state index contributed by atoms with van der Waals surface area (Å²) in [6.45, 7) is 1.81. The van der Waals surface area contributed by atoms with Crippen molar-refractivity contribution in [1.82, 2.24) is 9.59 Å². The molecule has 6 heteroatoms. The molecule has 1 rings (SSSR count). The standard InChI is InChI=1S/C6H10N4OS/c1-3-6(12-10-9-3)4(7)2-5(8)11/h4H,2,7H2,1H3,(H2,8,11)/t4-/m1/s1. The lowest BCUT2D eigenvalue weighted by molar-refractivity contribution is -0.118. The fourth-order valence-corrected chi connectivity index (χ4v) is 1.53. The smallest absolute Gasteiger partial charge is 0.219 e. The molecule has 66 valence electrons. The monoisotopic (exact) mass is 186 g/mol. The zero-order valence-electron chi connectivity index (χ0n) is 6.65. The SMILES string of the molecule is Cc1nnsc1[C@H](N)CC(N)=O. The van der Waals surface area contributed by atoms with E-state index in [1.807, 2.05) is 0 Å². The summed E-state index contributed by atoms with van der Waals surface area (Å²) in [4.78, 5) is 11.3. The molecule has 1 atom stereocenters. The molecule has 5 nitrogen and oxygen atoms in total. The van der Waals surface area contributed by atoms with Crippen LogP contribution in [0.25, 0.3) is 0 Å². The second-order valence-corrected chi connectivity index (χ2v) is 3.29. The maximum absolute atomic E-state index is 10.5. The highest BCUT2D eigenvalue weighted by molar-refractivity contribution is 7.05. The Kier molecular flexibility index (Phi) is 2.72. The summed E-state index contributed by atoms with van der Waals surface area (Å²) in [5, 5.41) is 3.78. The van der Waals surface area contributed by atoms with Gasteiger partial charge in [0.1, 0.15) is 0 Å². The summed E-state index contributed by atoms with van der Waals surface area (Å²) in [6, 6.07) is -0.359. The van der Waals surface area contributed by atoms with Crippen LogP contribution < -0.4 is 11.5 Å². The maximum Gasteiger partial charge on any atom is 0.219 e. The molecule has 0 saturated carbocycles. The molecule has 4 N–H and O–H groups in total. The average molecular weight is 186 g/mol. The van der Waals surface area contributed by atoms with Gasteiger partial charge in [-0.1, -0.05) is 4.49 Å². The minimum absolute atomic E-state index is 0.144. The number of aryl methyl sites for hydroxylation is 1. The van der Waals surface area contributed by atoms with E-state index < -0.39 is 5.91 Å². The summed E-state index contributed by atoms with van der Waals surface area (Å²) >= 11 is 1.21. The Morgan fingerprint density at radius 3 is 2.83 bits per heavy atom. The van der Waals surface area contributed by atoms with Crippen LogP contribution in [-0.4, -0.2) is 15.5 Å². The first-order valence-electron chi connectivity index (χ1n) is 3.44. The minimum atomic E-state index is -0.407. The molecular formula is C6H10N4OS. The van der Waals surface area contributed by atoms with Gasteiger partial charge in [-0.2, -0.15) is 0 Å². The van der Waals surface area contributed by atoms with Crippen LogP contribution in [0.2, 0.25) is 0 Å². The number of nitrogens with zero attached hydrogens (tertiary/aromatic N) is 2. The van der Waals surface area contributed by atoms with Gasteiger partial charge in [0.05, 0.1) is 16.6 Å². The van der Waals surface area contributed by atoms with Crippen LogP contribution in [-0.2, 0) is 4.79 Å². The van der Waals surface area contributed by atoms with Gasteiger partial charge in [-0.3, -0.25) is 4.79 Å². The molecule has 0 unspecified atom stereocenters. The van der Waals surface area contributed by atoms with Crippen molar-refractivity contribution in [1.29, 1.82) is 0 Å². The quantitative estimate of drug-likeness (QED) is 0.678. The number of amides is 1. The molecule has 0 radical (unpaired) electrons. The molecule has 0 aliphatic rings. The molecule has 0 aliphatic heterocycles. The number of nitrogens with two attached hydrogens (primary N) is 2. The van der Waals surface area contributed by atoms with Crippen LogP contribution in [0.15, 0.2) is 0 Å². The van der Waals surface area contributed by atoms with Crippen LogP contribution in [0.4, 0.5) is 0 Å². The van der Waals surface area contributed by atoms with Gasteiger partial charge in [-0.05, 0) is 18.5 Å². The Morgan fingerprint density at radius 1 is 1.75 bits per heavy atom. The predicted molar refractivity (Wildman–Crippen MR) is 45.4 cm³/mol. The molecule has 0 saturated heterocycles. The fourth-order valence-electron chi connectivity index (χ4n) is 0.886. The number of hydrogen-bond donors (Lipinski definition) is 2. The minimum Gasteiger partial charge on any atom is -0.370 e. The number of primary amides is 1. The number of aromatic nitrogens is 2. The van der Waals surface area contributed by atoms with Gasteiger partial charge in [0, 0.05) is 6.42 Å². The molecule has 1 amide bonds. The number of hydrogen-bond acceptors (Lipinski definition) is 5. The van der Waals surface area contributed by atoms with Gasteiger partial charge >= 0.3 is 0 Å². The van der Waals surface area contributed by atoms with Crippen LogP contribution in [0, 0.1) is 6.92 Å². The molecule has 1 aromatic rings. The van der Waals surface area contributed by atoms with Crippen molar-refractivity contribution in [3.63, 3.8) is 0 Å². The van der Waals surface area contributed by atoms with E-state index in [1.165, 1.54) is 11.5 Å². The van der Waals surface area contributed by atoms with E-state index in [1.54, 1.807) is 6.92 Å². The second kappa shape index (κ2) is 3.59. The normalized spacial score (nSPS) is 12.8. The lowest BCUT2D eigenvalue weighted by atomic mass is 10.1. The zero-order valence-corrected chi connectivity index (χ0v) is 7.47. The van der Waals surface area contributed by atoms with Gasteiger partial charge in [-0.15, -0.1) is 5.10 Å². The van der Waals surface area contributed by atoms with E-state index in [-0.39, 0.29) is 12.5 Å². The van der Waals surface area contributed by atoms with Crippen molar-refractivity contribution in [2.75, 3.05) is 0 Å². The van der Waals surface area contributed by atoms with Crippen LogP contribution in [0.3, 0.4) is 0 Å². The summed E-state index contributed by atoms with van der Waals surface area (Å²) in [5.74, 6) is -0.407. The number of carbonyl (C=O) groups is 1. The van der Waals surface area contributed by atoms with Gasteiger partial charge in [0.25, 0.3) is 0 Å². The van der Waals surface area contributed by atoms with Crippen LogP contribution in [0.1, 0.15) is 23.0 Å². The van der Waals surface area contributed by atoms with E-state index in [0.717, 1.165) is 10.6 Å². The van der Waals surface area contributed by atoms with Crippen LogP contribution >= 0.6 is 11.5 Å². The average Bonchev–Trinajstić information content (AvgIpc) is 2.33. The maximum atomic E-state index is 10.5. The fraction of sp³-hybridized carbons (Fsp3) is 0.500. The largest absolute Gasteiger partial charge is 0.370 e. The summed E-state index contributed by atoms with van der Waals surface area (Å²) in [5.41, 5.74) is 11.4. The molecule has 0 fully saturated rings. The lowest BCUT2D eigenvalue weighted by Gasteiger charge is -2.05. The first-order chi connectivity index (χ1) is 5.61. The number of rotatable bonds is 3.